The van der Waals surface area contributed by atoms with Crippen molar-refractivity contribution in [1.82, 2.24) is 0 Å². The number of hydrogen-bond donors (Lipinski definition) is 1. The summed E-state index contributed by atoms with van der Waals surface area (Å²) in [4.78, 5) is 10.4. The molecule has 0 aromatic heterocycles. The van der Waals surface area contributed by atoms with Crippen LogP contribution in [0, 0.1) is 0 Å². The lowest BCUT2D eigenvalue weighted by Gasteiger charge is -2.16. The summed E-state index contributed by atoms with van der Waals surface area (Å²) in [7, 11) is 0. The van der Waals surface area contributed by atoms with Gasteiger partial charge in [0.15, 0.2) is 0 Å². The average molecular weight is 168 g/mol. The minimum Gasteiger partial charge on any atom is -0.461 e. The minimum absolute atomic E-state index is 0.124. The van der Waals surface area contributed by atoms with Crippen molar-refractivity contribution in [3.63, 3.8) is 0 Å². The predicted octanol–water partition coefficient (Wildman–Crippen LogP) is 0.566. The molecule has 11 heavy (non-hydrogen) atoms. The van der Waals surface area contributed by atoms with Crippen LogP contribution in [-0.2, 0) is 9.53 Å². The largest absolute Gasteiger partial charge is 0.461 e. The standard InChI is InChI=1S/C6H10F2O3/c1-3-11-5(10)6(7,8)4(2)9/h4,9H,3H2,1-2H3/t4-/m1/s1. The van der Waals surface area contributed by atoms with Crippen LogP contribution in [0.4, 0.5) is 8.78 Å². The molecule has 0 rings (SSSR count). The first kappa shape index (κ1) is 10.3. The molecule has 3 nitrogen and oxygen atoms in total. The minimum atomic E-state index is -3.80. The van der Waals surface area contributed by atoms with E-state index in [2.05, 4.69) is 4.74 Å². The third-order valence-electron chi connectivity index (χ3n) is 1.07. The van der Waals surface area contributed by atoms with Gasteiger partial charge < -0.3 is 9.84 Å². The Balaban J connectivity index is 4.18. The van der Waals surface area contributed by atoms with Gasteiger partial charge in [0.25, 0.3) is 0 Å². The molecular weight excluding hydrogens is 158 g/mol. The van der Waals surface area contributed by atoms with Crippen molar-refractivity contribution in [2.75, 3.05) is 6.61 Å². The molecule has 0 amide bonds. The molecule has 0 aromatic rings. The molecule has 0 aliphatic heterocycles. The van der Waals surface area contributed by atoms with Gasteiger partial charge in [-0.3, -0.25) is 0 Å². The lowest BCUT2D eigenvalue weighted by molar-refractivity contribution is -0.186. The third kappa shape index (κ3) is 2.42. The first-order valence-corrected chi connectivity index (χ1v) is 3.16. The van der Waals surface area contributed by atoms with Crippen molar-refractivity contribution in [3.05, 3.63) is 0 Å². The Kier molecular flexibility index (Phi) is 3.38. The molecule has 1 N–H and O–H groups in total. The van der Waals surface area contributed by atoms with Gasteiger partial charge in [-0.05, 0) is 13.8 Å². The van der Waals surface area contributed by atoms with Crippen molar-refractivity contribution in [2.24, 2.45) is 0 Å². The van der Waals surface area contributed by atoms with E-state index in [9.17, 15) is 13.6 Å². The van der Waals surface area contributed by atoms with E-state index in [0.717, 1.165) is 6.92 Å². The summed E-state index contributed by atoms with van der Waals surface area (Å²) in [5.74, 6) is -5.48. The highest BCUT2D eigenvalue weighted by Crippen LogP contribution is 2.19. The van der Waals surface area contributed by atoms with Crippen molar-refractivity contribution >= 4 is 5.97 Å². The van der Waals surface area contributed by atoms with Gasteiger partial charge >= 0.3 is 11.9 Å². The fourth-order valence-corrected chi connectivity index (χ4v) is 0.398. The molecule has 0 saturated heterocycles. The molecule has 0 spiro atoms. The van der Waals surface area contributed by atoms with Crippen molar-refractivity contribution in [3.8, 4) is 0 Å². The van der Waals surface area contributed by atoms with Crippen molar-refractivity contribution < 1.29 is 23.4 Å². The molecule has 66 valence electrons. The van der Waals surface area contributed by atoms with Gasteiger partial charge in [-0.15, -0.1) is 0 Å². The fourth-order valence-electron chi connectivity index (χ4n) is 0.398. The Morgan fingerprint density at radius 2 is 2.18 bits per heavy atom. The maximum absolute atomic E-state index is 12.4. The first-order chi connectivity index (χ1) is 4.92. The predicted molar refractivity (Wildman–Crippen MR) is 33.3 cm³/mol. The Labute approximate surface area is 63.0 Å². The quantitative estimate of drug-likeness (QED) is 0.626. The SMILES string of the molecule is CCOC(=O)C(F)(F)[C@@H](C)O. The van der Waals surface area contributed by atoms with Crippen LogP contribution in [-0.4, -0.2) is 29.7 Å². The number of ether oxygens (including phenoxy) is 1. The molecule has 1 atom stereocenters. The van der Waals surface area contributed by atoms with Crippen LogP contribution in [0.3, 0.4) is 0 Å². The van der Waals surface area contributed by atoms with Gasteiger partial charge in [0.1, 0.15) is 6.10 Å². The second-order valence-electron chi connectivity index (χ2n) is 2.02. The number of hydrogen-bond acceptors (Lipinski definition) is 3. The lowest BCUT2D eigenvalue weighted by atomic mass is 10.2. The smallest absolute Gasteiger partial charge is 0.379 e. The van der Waals surface area contributed by atoms with E-state index in [1.165, 1.54) is 6.92 Å². The van der Waals surface area contributed by atoms with Crippen molar-refractivity contribution in [2.45, 2.75) is 25.9 Å². The second-order valence-corrected chi connectivity index (χ2v) is 2.02. The molecule has 0 bridgehead atoms. The van der Waals surface area contributed by atoms with E-state index in [4.69, 9.17) is 5.11 Å². The van der Waals surface area contributed by atoms with Gasteiger partial charge in [-0.2, -0.15) is 8.78 Å². The second kappa shape index (κ2) is 3.61. The fraction of sp³-hybridized carbons (Fsp3) is 0.833. The van der Waals surface area contributed by atoms with E-state index in [1.54, 1.807) is 0 Å². The maximum atomic E-state index is 12.4. The summed E-state index contributed by atoms with van der Waals surface area (Å²) in [5, 5.41) is 8.43. The normalized spacial score (nSPS) is 14.3. The summed E-state index contributed by atoms with van der Waals surface area (Å²) in [6, 6.07) is 0. The van der Waals surface area contributed by atoms with Crippen LogP contribution >= 0.6 is 0 Å². The van der Waals surface area contributed by atoms with E-state index in [1.807, 2.05) is 0 Å². The average Bonchev–Trinajstić information content (AvgIpc) is 1.88. The Morgan fingerprint density at radius 3 is 2.45 bits per heavy atom. The zero-order chi connectivity index (χ0) is 9.07. The van der Waals surface area contributed by atoms with Gasteiger partial charge in [-0.1, -0.05) is 0 Å². The number of carbonyl (C=O) groups excluding carboxylic acids is 1. The van der Waals surface area contributed by atoms with E-state index < -0.39 is 18.0 Å². The monoisotopic (exact) mass is 168 g/mol. The lowest BCUT2D eigenvalue weighted by Crippen LogP contribution is -2.40. The molecule has 0 aromatic carbocycles. The number of esters is 1. The summed E-state index contributed by atoms with van der Waals surface area (Å²) >= 11 is 0. The molecule has 0 radical (unpaired) electrons. The molecule has 0 aliphatic rings. The van der Waals surface area contributed by atoms with Gasteiger partial charge in [-0.25, -0.2) is 4.79 Å². The number of rotatable bonds is 3. The summed E-state index contributed by atoms with van der Waals surface area (Å²) in [6.45, 7) is 2.12. The van der Waals surface area contributed by atoms with Gasteiger partial charge in [0.05, 0.1) is 6.61 Å². The van der Waals surface area contributed by atoms with Crippen LogP contribution in [0.1, 0.15) is 13.8 Å². The summed E-state index contributed by atoms with van der Waals surface area (Å²) in [6.07, 6.45) is -2.01. The topological polar surface area (TPSA) is 46.5 Å². The zero-order valence-corrected chi connectivity index (χ0v) is 6.30. The highest BCUT2D eigenvalue weighted by molar-refractivity contribution is 5.78. The Morgan fingerprint density at radius 1 is 1.73 bits per heavy atom. The number of aliphatic hydroxyl groups is 1. The van der Waals surface area contributed by atoms with Gasteiger partial charge in [0.2, 0.25) is 0 Å². The van der Waals surface area contributed by atoms with E-state index in [0.29, 0.717) is 0 Å². The van der Waals surface area contributed by atoms with E-state index in [-0.39, 0.29) is 6.61 Å². The summed E-state index contributed by atoms with van der Waals surface area (Å²) < 4.78 is 28.8. The zero-order valence-electron chi connectivity index (χ0n) is 6.30. The first-order valence-electron chi connectivity index (χ1n) is 3.16. The number of halogens is 2. The van der Waals surface area contributed by atoms with E-state index >= 15 is 0 Å². The van der Waals surface area contributed by atoms with Crippen LogP contribution < -0.4 is 0 Å². The molecule has 0 saturated carbocycles. The number of aliphatic hydroxyl groups excluding tert-OH is 1. The number of alkyl halides is 2. The molecule has 5 heteroatoms. The maximum Gasteiger partial charge on any atom is 0.379 e. The van der Waals surface area contributed by atoms with Crippen LogP contribution in [0.5, 0.6) is 0 Å². The number of carbonyl (C=O) groups is 1. The summed E-state index contributed by atoms with van der Waals surface area (Å²) in [5.41, 5.74) is 0. The van der Waals surface area contributed by atoms with Crippen LogP contribution in [0.2, 0.25) is 0 Å². The highest BCUT2D eigenvalue weighted by Gasteiger charge is 2.45. The molecule has 0 fully saturated rings. The van der Waals surface area contributed by atoms with Crippen LogP contribution in [0.25, 0.3) is 0 Å². The third-order valence-corrected chi connectivity index (χ3v) is 1.07. The molecular formula is C6H10F2O3. The highest BCUT2D eigenvalue weighted by atomic mass is 19.3. The molecule has 0 heterocycles. The van der Waals surface area contributed by atoms with Crippen LogP contribution in [0.15, 0.2) is 0 Å². The van der Waals surface area contributed by atoms with Crippen molar-refractivity contribution in [1.29, 1.82) is 0 Å². The Hall–Kier alpha value is -0.710. The molecule has 0 unspecified atom stereocenters. The van der Waals surface area contributed by atoms with Gasteiger partial charge in [0, 0.05) is 0 Å². The molecule has 0 aliphatic carbocycles. The Bertz CT molecular complexity index is 145.